The monoisotopic (exact) mass is 142 g/mol. The van der Waals surface area contributed by atoms with Gasteiger partial charge in [0.2, 0.25) is 5.91 Å². The molecule has 1 saturated heterocycles. The zero-order valence-corrected chi connectivity index (χ0v) is 6.31. The number of hydrogen-bond acceptors (Lipinski definition) is 2. The van der Waals surface area contributed by atoms with Gasteiger partial charge in [-0.2, -0.15) is 0 Å². The van der Waals surface area contributed by atoms with Crippen molar-refractivity contribution in [3.8, 4) is 0 Å². The summed E-state index contributed by atoms with van der Waals surface area (Å²) in [5.74, 6) is 0.0150. The SMILES string of the molecule is CC[C@]1(N)CCCNC1=O. The van der Waals surface area contributed by atoms with Gasteiger partial charge >= 0.3 is 0 Å². The van der Waals surface area contributed by atoms with E-state index >= 15 is 0 Å². The van der Waals surface area contributed by atoms with Crippen LogP contribution in [-0.2, 0) is 4.79 Å². The van der Waals surface area contributed by atoms with Crippen LogP contribution in [-0.4, -0.2) is 18.0 Å². The van der Waals surface area contributed by atoms with Gasteiger partial charge in [0.05, 0.1) is 5.54 Å². The normalized spacial score (nSPS) is 33.6. The Balaban J connectivity index is 2.63. The number of nitrogens with two attached hydrogens (primary N) is 1. The summed E-state index contributed by atoms with van der Waals surface area (Å²) in [6.07, 6.45) is 2.57. The molecule has 1 atom stereocenters. The molecule has 0 spiro atoms. The molecule has 0 aromatic carbocycles. The lowest BCUT2D eigenvalue weighted by Crippen LogP contribution is -2.57. The summed E-state index contributed by atoms with van der Waals surface area (Å²) in [5, 5.41) is 2.76. The molecule has 0 aromatic heterocycles. The van der Waals surface area contributed by atoms with Gasteiger partial charge in [-0.25, -0.2) is 0 Å². The molecule has 1 rings (SSSR count). The average Bonchev–Trinajstić information content (AvgIpc) is 1.96. The van der Waals surface area contributed by atoms with Crippen LogP contribution in [0.25, 0.3) is 0 Å². The second kappa shape index (κ2) is 2.58. The molecule has 58 valence electrons. The van der Waals surface area contributed by atoms with Crippen LogP contribution in [0.1, 0.15) is 26.2 Å². The van der Waals surface area contributed by atoms with Gasteiger partial charge in [-0.05, 0) is 19.3 Å². The molecule has 1 aliphatic rings. The van der Waals surface area contributed by atoms with E-state index in [4.69, 9.17) is 5.73 Å². The van der Waals surface area contributed by atoms with Crippen molar-refractivity contribution in [1.82, 2.24) is 5.32 Å². The van der Waals surface area contributed by atoms with Crippen molar-refractivity contribution in [3.05, 3.63) is 0 Å². The molecule has 3 nitrogen and oxygen atoms in total. The van der Waals surface area contributed by atoms with Crippen LogP contribution >= 0.6 is 0 Å². The average molecular weight is 142 g/mol. The largest absolute Gasteiger partial charge is 0.355 e. The summed E-state index contributed by atoms with van der Waals surface area (Å²) in [6.45, 7) is 2.74. The number of hydrogen-bond donors (Lipinski definition) is 2. The molecular weight excluding hydrogens is 128 g/mol. The smallest absolute Gasteiger partial charge is 0.240 e. The highest BCUT2D eigenvalue weighted by Gasteiger charge is 2.33. The van der Waals surface area contributed by atoms with Crippen LogP contribution in [0.3, 0.4) is 0 Å². The minimum atomic E-state index is -0.571. The van der Waals surface area contributed by atoms with Crippen molar-refractivity contribution < 1.29 is 4.79 Å². The summed E-state index contributed by atoms with van der Waals surface area (Å²) >= 11 is 0. The molecule has 0 unspecified atom stereocenters. The van der Waals surface area contributed by atoms with Gasteiger partial charge < -0.3 is 11.1 Å². The van der Waals surface area contributed by atoms with Gasteiger partial charge in [-0.1, -0.05) is 6.92 Å². The summed E-state index contributed by atoms with van der Waals surface area (Å²) in [7, 11) is 0. The highest BCUT2D eigenvalue weighted by molar-refractivity contribution is 5.86. The lowest BCUT2D eigenvalue weighted by atomic mass is 9.88. The van der Waals surface area contributed by atoms with Crippen molar-refractivity contribution >= 4 is 5.91 Å². The number of amides is 1. The molecule has 0 radical (unpaired) electrons. The topological polar surface area (TPSA) is 55.1 Å². The Morgan fingerprint density at radius 3 is 2.90 bits per heavy atom. The Bertz CT molecular complexity index is 147. The molecule has 3 heteroatoms. The van der Waals surface area contributed by atoms with Crippen molar-refractivity contribution in [2.24, 2.45) is 5.73 Å². The van der Waals surface area contributed by atoms with Gasteiger partial charge in [0.15, 0.2) is 0 Å². The Labute approximate surface area is 61.0 Å². The van der Waals surface area contributed by atoms with Crippen LogP contribution in [0.2, 0.25) is 0 Å². The minimum Gasteiger partial charge on any atom is -0.355 e. The van der Waals surface area contributed by atoms with Crippen LogP contribution in [0.5, 0.6) is 0 Å². The number of carbonyl (C=O) groups is 1. The van der Waals surface area contributed by atoms with Crippen LogP contribution in [0.15, 0.2) is 0 Å². The first-order valence-corrected chi connectivity index (χ1v) is 3.76. The molecule has 0 saturated carbocycles. The van der Waals surface area contributed by atoms with Crippen molar-refractivity contribution in [1.29, 1.82) is 0 Å². The fourth-order valence-corrected chi connectivity index (χ4v) is 1.23. The lowest BCUT2D eigenvalue weighted by molar-refractivity contribution is -0.128. The first-order valence-electron chi connectivity index (χ1n) is 3.76. The quantitative estimate of drug-likeness (QED) is 0.541. The third kappa shape index (κ3) is 1.14. The predicted molar refractivity (Wildman–Crippen MR) is 39.5 cm³/mol. The maximum Gasteiger partial charge on any atom is 0.240 e. The molecular formula is C7H14N2O. The number of nitrogens with one attached hydrogen (secondary N) is 1. The summed E-state index contributed by atoms with van der Waals surface area (Å²) in [6, 6.07) is 0. The fourth-order valence-electron chi connectivity index (χ4n) is 1.23. The lowest BCUT2D eigenvalue weighted by Gasteiger charge is -2.30. The van der Waals surface area contributed by atoms with Crippen LogP contribution in [0.4, 0.5) is 0 Å². The van der Waals surface area contributed by atoms with E-state index < -0.39 is 5.54 Å². The molecule has 0 aliphatic carbocycles. The molecule has 1 fully saturated rings. The molecule has 0 aromatic rings. The summed E-state index contributed by atoms with van der Waals surface area (Å²) in [5.41, 5.74) is 5.22. The van der Waals surface area contributed by atoms with Crippen LogP contribution in [0, 0.1) is 0 Å². The van der Waals surface area contributed by atoms with Gasteiger partial charge in [0.1, 0.15) is 0 Å². The zero-order valence-electron chi connectivity index (χ0n) is 6.31. The van der Waals surface area contributed by atoms with Crippen molar-refractivity contribution in [2.45, 2.75) is 31.7 Å². The number of piperidine rings is 1. The molecule has 1 aliphatic heterocycles. The number of carbonyl (C=O) groups excluding carboxylic acids is 1. The fraction of sp³-hybridized carbons (Fsp3) is 0.857. The molecule has 1 amide bonds. The maximum atomic E-state index is 11.1. The van der Waals surface area contributed by atoms with E-state index in [1.54, 1.807) is 0 Å². The van der Waals surface area contributed by atoms with E-state index in [0.717, 1.165) is 25.8 Å². The Kier molecular flexibility index (Phi) is 1.94. The summed E-state index contributed by atoms with van der Waals surface area (Å²) in [4.78, 5) is 11.1. The highest BCUT2D eigenvalue weighted by Crippen LogP contribution is 2.17. The third-order valence-electron chi connectivity index (χ3n) is 2.17. The van der Waals surface area contributed by atoms with E-state index in [0.29, 0.717) is 0 Å². The second-order valence-corrected chi connectivity index (χ2v) is 2.87. The third-order valence-corrected chi connectivity index (χ3v) is 2.17. The Hall–Kier alpha value is -0.570. The molecule has 10 heavy (non-hydrogen) atoms. The second-order valence-electron chi connectivity index (χ2n) is 2.87. The van der Waals surface area contributed by atoms with Crippen molar-refractivity contribution in [2.75, 3.05) is 6.54 Å². The highest BCUT2D eigenvalue weighted by atomic mass is 16.2. The minimum absolute atomic E-state index is 0.0150. The van der Waals surface area contributed by atoms with E-state index in [1.807, 2.05) is 6.92 Å². The Morgan fingerprint density at radius 2 is 2.50 bits per heavy atom. The summed E-state index contributed by atoms with van der Waals surface area (Å²) < 4.78 is 0. The number of rotatable bonds is 1. The molecule has 3 N–H and O–H groups in total. The molecule has 0 bridgehead atoms. The van der Waals surface area contributed by atoms with Gasteiger partial charge in [0, 0.05) is 6.54 Å². The predicted octanol–water partition coefficient (Wildman–Crippen LogP) is 0.00390. The van der Waals surface area contributed by atoms with E-state index in [-0.39, 0.29) is 5.91 Å². The van der Waals surface area contributed by atoms with Gasteiger partial charge in [-0.15, -0.1) is 0 Å². The first kappa shape index (κ1) is 7.54. The van der Waals surface area contributed by atoms with Crippen molar-refractivity contribution in [3.63, 3.8) is 0 Å². The van der Waals surface area contributed by atoms with E-state index in [1.165, 1.54) is 0 Å². The van der Waals surface area contributed by atoms with Gasteiger partial charge in [-0.3, -0.25) is 4.79 Å². The van der Waals surface area contributed by atoms with E-state index in [9.17, 15) is 4.79 Å². The molecule has 1 heterocycles. The maximum absolute atomic E-state index is 11.1. The van der Waals surface area contributed by atoms with E-state index in [2.05, 4.69) is 5.32 Å². The van der Waals surface area contributed by atoms with Crippen LogP contribution < -0.4 is 11.1 Å². The van der Waals surface area contributed by atoms with Gasteiger partial charge in [0.25, 0.3) is 0 Å². The first-order chi connectivity index (χ1) is 4.69. The zero-order chi connectivity index (χ0) is 7.61. The standard InChI is InChI=1S/C7H14N2O/c1-2-7(8)4-3-5-9-6(7)10/h2-5,8H2,1H3,(H,9,10)/t7-/m0/s1. The Morgan fingerprint density at radius 1 is 1.80 bits per heavy atom.